The Hall–Kier alpha value is -2.33. The van der Waals surface area contributed by atoms with Crippen LogP contribution in [0.1, 0.15) is 31.4 Å². The first-order valence-electron chi connectivity index (χ1n) is 8.82. The second-order valence-electron chi connectivity index (χ2n) is 6.18. The quantitative estimate of drug-likeness (QED) is 0.699. The van der Waals surface area contributed by atoms with Gasteiger partial charge >= 0.3 is 0 Å². The number of carbonyl (C=O) groups excluding carboxylic acids is 2. The van der Waals surface area contributed by atoms with Gasteiger partial charge in [0.25, 0.3) is 0 Å². The van der Waals surface area contributed by atoms with E-state index in [1.54, 1.807) is 11.0 Å². The van der Waals surface area contributed by atoms with Crippen LogP contribution in [-0.4, -0.2) is 34.7 Å². The largest absolute Gasteiger partial charge is 0.339 e. The van der Waals surface area contributed by atoms with Crippen LogP contribution in [0.15, 0.2) is 54.6 Å². The number of halogens is 1. The van der Waals surface area contributed by atoms with Gasteiger partial charge in [-0.15, -0.1) is 0 Å². The maximum Gasteiger partial charge on any atom is 0.224 e. The highest BCUT2D eigenvalue weighted by Crippen LogP contribution is 2.17. The summed E-state index contributed by atoms with van der Waals surface area (Å²) in [5.41, 5.74) is 1.98. The van der Waals surface area contributed by atoms with Gasteiger partial charge in [-0.3, -0.25) is 9.59 Å². The number of rotatable bonds is 8. The Morgan fingerprint density at radius 1 is 0.923 bits per heavy atom. The molecule has 0 saturated heterocycles. The second kappa shape index (κ2) is 9.97. The summed E-state index contributed by atoms with van der Waals surface area (Å²) in [4.78, 5) is 28.0. The lowest BCUT2D eigenvalue weighted by Gasteiger charge is -2.25. The third-order valence-corrected chi connectivity index (χ3v) is 4.68. The first-order valence-corrected chi connectivity index (χ1v) is 9.19. The molecule has 0 aliphatic heterocycles. The van der Waals surface area contributed by atoms with Crippen LogP contribution in [0.5, 0.6) is 0 Å². The molecule has 0 heterocycles. The number of carbonyl (C=O) groups is 2. The Bertz CT molecular complexity index is 734. The molecule has 0 aliphatic carbocycles. The molecule has 0 radical (unpaired) electrons. The fourth-order valence-corrected chi connectivity index (χ4v) is 2.94. The monoisotopic (exact) mass is 372 g/mol. The predicted molar refractivity (Wildman–Crippen MR) is 105 cm³/mol. The summed E-state index contributed by atoms with van der Waals surface area (Å²) in [6, 6.07) is 17.4. The van der Waals surface area contributed by atoms with E-state index in [0.29, 0.717) is 37.6 Å². The number of amides is 2. The van der Waals surface area contributed by atoms with Crippen molar-refractivity contribution in [3.8, 4) is 0 Å². The van der Waals surface area contributed by atoms with Crippen molar-refractivity contribution in [2.75, 3.05) is 13.1 Å². The van der Waals surface area contributed by atoms with E-state index in [1.807, 2.05) is 60.4 Å². The van der Waals surface area contributed by atoms with E-state index in [9.17, 15) is 9.59 Å². The maximum absolute atomic E-state index is 12.6. The molecule has 2 aromatic rings. The molecule has 0 aromatic heterocycles. The predicted octanol–water partition coefficient (Wildman–Crippen LogP) is 4.13. The van der Waals surface area contributed by atoms with Gasteiger partial charge in [-0.2, -0.15) is 0 Å². The minimum absolute atomic E-state index is 0.0433. The molecule has 2 aromatic carbocycles. The summed E-state index contributed by atoms with van der Waals surface area (Å²) in [6.07, 6.45) is 0.296. The molecule has 0 N–H and O–H groups in total. The van der Waals surface area contributed by atoms with Crippen LogP contribution in [-0.2, 0) is 22.7 Å². The lowest BCUT2D eigenvalue weighted by atomic mass is 10.2. The molecular weight excluding hydrogens is 348 g/mol. The van der Waals surface area contributed by atoms with Gasteiger partial charge < -0.3 is 9.80 Å². The Labute approximate surface area is 160 Å². The van der Waals surface area contributed by atoms with E-state index < -0.39 is 0 Å². The van der Waals surface area contributed by atoms with Crippen molar-refractivity contribution in [3.63, 3.8) is 0 Å². The van der Waals surface area contributed by atoms with Gasteiger partial charge in [0.05, 0.1) is 0 Å². The van der Waals surface area contributed by atoms with Crippen molar-refractivity contribution >= 4 is 23.4 Å². The minimum atomic E-state index is -0.0659. The van der Waals surface area contributed by atoms with Crippen LogP contribution in [0.4, 0.5) is 0 Å². The number of hydrogen-bond donors (Lipinski definition) is 0. The van der Waals surface area contributed by atoms with Crippen LogP contribution in [0.3, 0.4) is 0 Å². The highest BCUT2D eigenvalue weighted by atomic mass is 35.5. The number of nitrogens with zero attached hydrogens (tertiary/aromatic N) is 2. The molecule has 0 atom stereocenters. The minimum Gasteiger partial charge on any atom is -0.339 e. The number of benzene rings is 2. The van der Waals surface area contributed by atoms with Gasteiger partial charge in [-0.05, 0) is 24.1 Å². The van der Waals surface area contributed by atoms with Crippen LogP contribution >= 0.6 is 11.6 Å². The molecule has 0 aliphatic rings. The van der Waals surface area contributed by atoms with Crippen molar-refractivity contribution in [2.24, 2.45) is 0 Å². The summed E-state index contributed by atoms with van der Waals surface area (Å²) in [7, 11) is 0. The smallest absolute Gasteiger partial charge is 0.224 e. The zero-order chi connectivity index (χ0) is 18.9. The van der Waals surface area contributed by atoms with Gasteiger partial charge in [0.1, 0.15) is 0 Å². The summed E-state index contributed by atoms with van der Waals surface area (Å²) >= 11 is 6.19. The summed E-state index contributed by atoms with van der Waals surface area (Å²) in [6.45, 7) is 5.49. The molecule has 26 heavy (non-hydrogen) atoms. The summed E-state index contributed by atoms with van der Waals surface area (Å²) < 4.78 is 0. The van der Waals surface area contributed by atoms with Gasteiger partial charge in [-0.25, -0.2) is 0 Å². The molecule has 138 valence electrons. The lowest BCUT2D eigenvalue weighted by molar-refractivity contribution is -0.134. The third kappa shape index (κ3) is 5.88. The molecule has 5 heteroatoms. The van der Waals surface area contributed by atoms with E-state index in [-0.39, 0.29) is 11.8 Å². The molecule has 0 fully saturated rings. The molecule has 2 amide bonds. The molecule has 0 saturated carbocycles. The Morgan fingerprint density at radius 3 is 2.19 bits per heavy atom. The SMILES string of the molecule is CCN(Cc1ccccc1)C(=O)CCN(Cc1ccccc1Cl)C(C)=O. The van der Waals surface area contributed by atoms with Crippen molar-refractivity contribution in [3.05, 3.63) is 70.7 Å². The summed E-state index contributed by atoms with van der Waals surface area (Å²) in [5, 5.41) is 0.629. The fourth-order valence-electron chi connectivity index (χ4n) is 2.75. The van der Waals surface area contributed by atoms with E-state index in [4.69, 9.17) is 11.6 Å². The Balaban J connectivity index is 1.95. The molecule has 0 unspecified atom stereocenters. The molecule has 0 spiro atoms. The highest BCUT2D eigenvalue weighted by Gasteiger charge is 2.16. The Morgan fingerprint density at radius 2 is 1.58 bits per heavy atom. The average molecular weight is 373 g/mol. The van der Waals surface area contributed by atoms with Crippen molar-refractivity contribution in [2.45, 2.75) is 33.4 Å². The molecule has 0 bridgehead atoms. The van der Waals surface area contributed by atoms with E-state index in [0.717, 1.165) is 11.1 Å². The van der Waals surface area contributed by atoms with E-state index in [1.165, 1.54) is 6.92 Å². The van der Waals surface area contributed by atoms with Crippen molar-refractivity contribution in [1.29, 1.82) is 0 Å². The highest BCUT2D eigenvalue weighted by molar-refractivity contribution is 6.31. The lowest BCUT2D eigenvalue weighted by Crippen LogP contribution is -2.35. The normalized spacial score (nSPS) is 10.4. The summed E-state index contributed by atoms with van der Waals surface area (Å²) in [5.74, 6) is -0.0226. The third-order valence-electron chi connectivity index (χ3n) is 4.31. The maximum atomic E-state index is 12.6. The zero-order valence-corrected chi connectivity index (χ0v) is 16.1. The van der Waals surface area contributed by atoms with Crippen LogP contribution < -0.4 is 0 Å². The fraction of sp³-hybridized carbons (Fsp3) is 0.333. The average Bonchev–Trinajstić information content (AvgIpc) is 2.64. The van der Waals surface area contributed by atoms with E-state index in [2.05, 4.69) is 0 Å². The van der Waals surface area contributed by atoms with Crippen LogP contribution in [0.2, 0.25) is 5.02 Å². The topological polar surface area (TPSA) is 40.6 Å². The number of hydrogen-bond acceptors (Lipinski definition) is 2. The first kappa shape index (κ1) is 20.0. The standard InChI is InChI=1S/C21H25ClN2O2/c1-3-23(15-18-9-5-4-6-10-18)21(26)13-14-24(17(2)25)16-19-11-7-8-12-20(19)22/h4-12H,3,13-16H2,1-2H3. The second-order valence-corrected chi connectivity index (χ2v) is 6.58. The molecular formula is C21H25ClN2O2. The van der Waals surface area contributed by atoms with Gasteiger partial charge in [0, 0.05) is 44.5 Å². The van der Waals surface area contributed by atoms with E-state index >= 15 is 0 Å². The Kier molecular flexibility index (Phi) is 7.67. The van der Waals surface area contributed by atoms with Crippen molar-refractivity contribution in [1.82, 2.24) is 9.80 Å². The zero-order valence-electron chi connectivity index (χ0n) is 15.3. The van der Waals surface area contributed by atoms with Crippen LogP contribution in [0.25, 0.3) is 0 Å². The molecule has 4 nitrogen and oxygen atoms in total. The van der Waals surface area contributed by atoms with Crippen LogP contribution in [0, 0.1) is 0 Å². The van der Waals surface area contributed by atoms with Gasteiger partial charge in [0.15, 0.2) is 0 Å². The molecule has 2 rings (SSSR count). The van der Waals surface area contributed by atoms with Gasteiger partial charge in [0.2, 0.25) is 11.8 Å². The van der Waals surface area contributed by atoms with Crippen molar-refractivity contribution < 1.29 is 9.59 Å². The first-order chi connectivity index (χ1) is 12.5. The van der Waals surface area contributed by atoms with Gasteiger partial charge in [-0.1, -0.05) is 60.1 Å².